The van der Waals surface area contributed by atoms with Crippen molar-refractivity contribution in [2.45, 2.75) is 6.10 Å². The zero-order valence-corrected chi connectivity index (χ0v) is 11.3. The standard InChI is InChI=1S/C14H15N5O2/c20-13(18-11-3-1-4-15-9-11)12-10-19(7-8-21-12)14-16-5-2-6-17-14/h1-6,9,12H,7-8,10H2,(H,18,20)/t12-/m0/s1. The van der Waals surface area contributed by atoms with Gasteiger partial charge in [0.2, 0.25) is 5.95 Å². The van der Waals surface area contributed by atoms with E-state index in [1.807, 2.05) is 4.90 Å². The van der Waals surface area contributed by atoms with Gasteiger partial charge >= 0.3 is 0 Å². The SMILES string of the molecule is O=C(Nc1cccnc1)[C@@H]1CN(c2ncccn2)CCO1. The fourth-order valence-electron chi connectivity index (χ4n) is 2.10. The van der Waals surface area contributed by atoms with E-state index in [2.05, 4.69) is 20.3 Å². The van der Waals surface area contributed by atoms with Gasteiger partial charge in [0.05, 0.1) is 25.0 Å². The minimum Gasteiger partial charge on any atom is -0.365 e. The molecule has 7 heteroatoms. The van der Waals surface area contributed by atoms with Gasteiger partial charge in [-0.15, -0.1) is 0 Å². The molecule has 0 bridgehead atoms. The van der Waals surface area contributed by atoms with Crippen LogP contribution in [-0.2, 0) is 9.53 Å². The second-order valence-electron chi connectivity index (χ2n) is 4.59. The molecule has 1 aliphatic heterocycles. The molecule has 1 aliphatic rings. The fraction of sp³-hybridized carbons (Fsp3) is 0.286. The van der Waals surface area contributed by atoms with E-state index in [1.165, 1.54) is 0 Å². The van der Waals surface area contributed by atoms with E-state index >= 15 is 0 Å². The van der Waals surface area contributed by atoms with Crippen LogP contribution in [0.15, 0.2) is 43.0 Å². The molecule has 0 saturated carbocycles. The van der Waals surface area contributed by atoms with Crippen molar-refractivity contribution in [1.82, 2.24) is 15.0 Å². The number of pyridine rings is 1. The van der Waals surface area contributed by atoms with Gasteiger partial charge in [0, 0.05) is 25.1 Å². The van der Waals surface area contributed by atoms with Crippen LogP contribution in [0, 0.1) is 0 Å². The van der Waals surface area contributed by atoms with Gasteiger partial charge in [-0.3, -0.25) is 9.78 Å². The lowest BCUT2D eigenvalue weighted by molar-refractivity contribution is -0.128. The first kappa shape index (κ1) is 13.4. The van der Waals surface area contributed by atoms with E-state index in [0.717, 1.165) is 0 Å². The molecule has 1 amide bonds. The van der Waals surface area contributed by atoms with Gasteiger partial charge in [-0.2, -0.15) is 0 Å². The summed E-state index contributed by atoms with van der Waals surface area (Å²) in [6.45, 7) is 1.56. The first-order chi connectivity index (χ1) is 10.3. The molecular formula is C14H15N5O2. The number of aromatic nitrogens is 3. The van der Waals surface area contributed by atoms with E-state index in [4.69, 9.17) is 4.74 Å². The molecule has 0 unspecified atom stereocenters. The second-order valence-corrected chi connectivity index (χ2v) is 4.59. The van der Waals surface area contributed by atoms with Crippen molar-refractivity contribution in [3.8, 4) is 0 Å². The summed E-state index contributed by atoms with van der Waals surface area (Å²) in [6, 6.07) is 5.31. The van der Waals surface area contributed by atoms with Gasteiger partial charge in [0.25, 0.3) is 5.91 Å². The highest BCUT2D eigenvalue weighted by atomic mass is 16.5. The maximum atomic E-state index is 12.2. The van der Waals surface area contributed by atoms with E-state index in [1.54, 1.807) is 43.0 Å². The number of hydrogen-bond acceptors (Lipinski definition) is 6. The van der Waals surface area contributed by atoms with Gasteiger partial charge in [-0.05, 0) is 18.2 Å². The first-order valence-electron chi connectivity index (χ1n) is 6.67. The van der Waals surface area contributed by atoms with Crippen LogP contribution in [0.1, 0.15) is 0 Å². The Morgan fingerprint density at radius 2 is 2.14 bits per heavy atom. The van der Waals surface area contributed by atoms with Crippen LogP contribution < -0.4 is 10.2 Å². The molecule has 21 heavy (non-hydrogen) atoms. The summed E-state index contributed by atoms with van der Waals surface area (Å²) in [5, 5.41) is 2.79. The summed E-state index contributed by atoms with van der Waals surface area (Å²) < 4.78 is 5.53. The summed E-state index contributed by atoms with van der Waals surface area (Å²) in [6.07, 6.45) is 6.06. The number of anilines is 2. The number of hydrogen-bond donors (Lipinski definition) is 1. The Morgan fingerprint density at radius 3 is 2.90 bits per heavy atom. The van der Waals surface area contributed by atoms with Crippen LogP contribution in [-0.4, -0.2) is 46.7 Å². The number of carbonyl (C=O) groups is 1. The average molecular weight is 285 g/mol. The Hall–Kier alpha value is -2.54. The number of amides is 1. The van der Waals surface area contributed by atoms with Crippen LogP contribution >= 0.6 is 0 Å². The quantitative estimate of drug-likeness (QED) is 0.895. The lowest BCUT2D eigenvalue weighted by Crippen LogP contribution is -2.48. The number of rotatable bonds is 3. The summed E-state index contributed by atoms with van der Waals surface area (Å²) in [4.78, 5) is 26.5. The zero-order valence-electron chi connectivity index (χ0n) is 11.3. The Morgan fingerprint density at radius 1 is 1.29 bits per heavy atom. The van der Waals surface area contributed by atoms with Gasteiger partial charge in [-0.25, -0.2) is 9.97 Å². The molecule has 3 heterocycles. The lowest BCUT2D eigenvalue weighted by Gasteiger charge is -2.32. The van der Waals surface area contributed by atoms with E-state index < -0.39 is 6.10 Å². The molecule has 1 N–H and O–H groups in total. The average Bonchev–Trinajstić information content (AvgIpc) is 2.57. The van der Waals surface area contributed by atoms with Gasteiger partial charge < -0.3 is 15.0 Å². The van der Waals surface area contributed by atoms with Crippen LogP contribution in [0.3, 0.4) is 0 Å². The minimum absolute atomic E-state index is 0.191. The van der Waals surface area contributed by atoms with Crippen LogP contribution in [0.5, 0.6) is 0 Å². The predicted molar refractivity (Wildman–Crippen MR) is 76.9 cm³/mol. The molecular weight excluding hydrogens is 270 g/mol. The number of carbonyl (C=O) groups excluding carboxylic acids is 1. The topological polar surface area (TPSA) is 80.2 Å². The fourth-order valence-corrected chi connectivity index (χ4v) is 2.10. The smallest absolute Gasteiger partial charge is 0.255 e. The number of ether oxygens (including phenoxy) is 1. The molecule has 2 aromatic heterocycles. The monoisotopic (exact) mass is 285 g/mol. The van der Waals surface area contributed by atoms with E-state index in [0.29, 0.717) is 31.3 Å². The van der Waals surface area contributed by atoms with Gasteiger partial charge in [0.15, 0.2) is 6.10 Å². The molecule has 0 aliphatic carbocycles. The van der Waals surface area contributed by atoms with Gasteiger partial charge in [-0.1, -0.05) is 0 Å². The summed E-state index contributed by atoms with van der Waals surface area (Å²) in [5.74, 6) is 0.420. The Labute approximate surface area is 122 Å². The zero-order chi connectivity index (χ0) is 14.5. The van der Waals surface area contributed by atoms with Crippen molar-refractivity contribution < 1.29 is 9.53 Å². The number of nitrogens with zero attached hydrogens (tertiary/aromatic N) is 4. The van der Waals surface area contributed by atoms with E-state index in [9.17, 15) is 4.79 Å². The predicted octanol–water partition coefficient (Wildman–Crippen LogP) is 0.715. The third-order valence-electron chi connectivity index (χ3n) is 3.12. The van der Waals surface area contributed by atoms with E-state index in [-0.39, 0.29) is 5.91 Å². The third kappa shape index (κ3) is 3.32. The summed E-state index contributed by atoms with van der Waals surface area (Å²) >= 11 is 0. The van der Waals surface area contributed by atoms with Crippen molar-refractivity contribution >= 4 is 17.5 Å². The molecule has 1 fully saturated rings. The van der Waals surface area contributed by atoms with Crippen molar-refractivity contribution in [3.05, 3.63) is 43.0 Å². The Kier molecular flexibility index (Phi) is 4.02. The molecule has 0 radical (unpaired) electrons. The first-order valence-corrected chi connectivity index (χ1v) is 6.67. The van der Waals surface area contributed by atoms with Crippen molar-refractivity contribution in [2.75, 3.05) is 29.9 Å². The third-order valence-corrected chi connectivity index (χ3v) is 3.12. The normalized spacial score (nSPS) is 18.3. The van der Waals surface area contributed by atoms with Crippen molar-refractivity contribution in [2.24, 2.45) is 0 Å². The largest absolute Gasteiger partial charge is 0.365 e. The molecule has 0 aromatic carbocycles. The number of morpholine rings is 1. The molecule has 0 spiro atoms. The van der Waals surface area contributed by atoms with Crippen LogP contribution in [0.4, 0.5) is 11.6 Å². The van der Waals surface area contributed by atoms with Crippen molar-refractivity contribution in [1.29, 1.82) is 0 Å². The van der Waals surface area contributed by atoms with Gasteiger partial charge in [0.1, 0.15) is 0 Å². The number of nitrogens with one attached hydrogen (secondary N) is 1. The Balaban J connectivity index is 1.64. The Bertz CT molecular complexity index is 593. The molecule has 2 aromatic rings. The summed E-state index contributed by atoms with van der Waals surface area (Å²) in [7, 11) is 0. The molecule has 1 atom stereocenters. The second kappa shape index (κ2) is 6.27. The minimum atomic E-state index is -0.553. The maximum absolute atomic E-state index is 12.2. The molecule has 108 valence electrons. The van der Waals surface area contributed by atoms with Crippen LogP contribution in [0.25, 0.3) is 0 Å². The lowest BCUT2D eigenvalue weighted by atomic mass is 10.2. The highest BCUT2D eigenvalue weighted by Gasteiger charge is 2.27. The van der Waals surface area contributed by atoms with Crippen LogP contribution in [0.2, 0.25) is 0 Å². The highest BCUT2D eigenvalue weighted by molar-refractivity contribution is 5.94. The molecule has 7 nitrogen and oxygen atoms in total. The summed E-state index contributed by atoms with van der Waals surface area (Å²) in [5.41, 5.74) is 0.652. The molecule has 3 rings (SSSR count). The van der Waals surface area contributed by atoms with Crippen molar-refractivity contribution in [3.63, 3.8) is 0 Å². The highest BCUT2D eigenvalue weighted by Crippen LogP contribution is 2.13. The maximum Gasteiger partial charge on any atom is 0.255 e. The molecule has 1 saturated heterocycles.